The molecule has 0 unspecified atom stereocenters. The van der Waals surface area contributed by atoms with E-state index in [1.54, 1.807) is 24.3 Å². The molecule has 0 amide bonds. The zero-order valence-electron chi connectivity index (χ0n) is 17.8. The number of hydrogen-bond donors (Lipinski definition) is 0. The molecule has 3 heterocycles. The first kappa shape index (κ1) is 22.1. The molecule has 1 atom stereocenters. The molecule has 0 N–H and O–H groups in total. The number of aryl methyl sites for hydroxylation is 1. The third kappa shape index (κ3) is 4.87. The maximum Gasteiger partial charge on any atom is 0.262 e. The Morgan fingerprint density at radius 3 is 2.27 bits per heavy atom. The second-order valence-electron chi connectivity index (χ2n) is 9.20. The molecule has 1 aromatic rings. The van der Waals surface area contributed by atoms with Crippen LogP contribution in [-0.2, 0) is 10.0 Å². The van der Waals surface area contributed by atoms with Crippen LogP contribution in [0.5, 0.6) is 0 Å². The largest absolute Gasteiger partial charge is 0.302 e. The van der Waals surface area contributed by atoms with Crippen molar-refractivity contribution in [2.45, 2.75) is 68.4 Å². The number of alkyl halides is 2. The summed E-state index contributed by atoms with van der Waals surface area (Å²) >= 11 is 0. The highest BCUT2D eigenvalue weighted by molar-refractivity contribution is 7.89. The topological polar surface area (TPSA) is 43.9 Å². The fourth-order valence-corrected chi connectivity index (χ4v) is 6.70. The van der Waals surface area contributed by atoms with Gasteiger partial charge in [-0.3, -0.25) is 4.90 Å². The summed E-state index contributed by atoms with van der Waals surface area (Å²) in [6, 6.07) is 6.79. The lowest BCUT2D eigenvalue weighted by Gasteiger charge is -2.40. The van der Waals surface area contributed by atoms with E-state index in [1.807, 2.05) is 11.8 Å². The van der Waals surface area contributed by atoms with Crippen LogP contribution in [-0.4, -0.2) is 79.8 Å². The number of nitrogens with zero attached hydrogens (tertiary/aromatic N) is 3. The minimum atomic E-state index is -3.53. The van der Waals surface area contributed by atoms with Gasteiger partial charge < -0.3 is 4.90 Å². The Balaban J connectivity index is 1.39. The fourth-order valence-electron chi connectivity index (χ4n) is 5.23. The van der Waals surface area contributed by atoms with Crippen LogP contribution in [0.2, 0.25) is 0 Å². The molecule has 3 aliphatic rings. The van der Waals surface area contributed by atoms with Gasteiger partial charge in [0.15, 0.2) is 0 Å². The van der Waals surface area contributed by atoms with Crippen molar-refractivity contribution < 1.29 is 17.2 Å². The van der Waals surface area contributed by atoms with E-state index < -0.39 is 15.9 Å². The quantitative estimate of drug-likeness (QED) is 0.703. The molecular weight excluding hydrogens is 408 g/mol. The van der Waals surface area contributed by atoms with E-state index in [4.69, 9.17) is 0 Å². The maximum atomic E-state index is 14.3. The molecular formula is C22H33F2N3O2S. The fraction of sp³-hybridized carbons (Fsp3) is 0.727. The van der Waals surface area contributed by atoms with Crippen LogP contribution in [0.4, 0.5) is 8.78 Å². The molecule has 4 rings (SSSR count). The molecule has 0 radical (unpaired) electrons. The Morgan fingerprint density at radius 1 is 1.00 bits per heavy atom. The molecule has 5 nitrogen and oxygen atoms in total. The molecule has 0 bridgehead atoms. The zero-order chi connectivity index (χ0) is 21.4. The normalized spacial score (nSPS) is 27.5. The van der Waals surface area contributed by atoms with Crippen LogP contribution in [0, 0.1) is 6.92 Å². The van der Waals surface area contributed by atoms with Gasteiger partial charge >= 0.3 is 0 Å². The SMILES string of the molecule is Cc1ccc(S(=O)(=O)N2CCC(N3CC(F)(F)C[C@H]3CN3CCCCC3)CC2)cc1. The van der Waals surface area contributed by atoms with Crippen LogP contribution in [0.3, 0.4) is 0 Å². The average Bonchev–Trinajstić information content (AvgIpc) is 3.03. The molecule has 3 saturated heterocycles. The van der Waals surface area contributed by atoms with E-state index in [9.17, 15) is 17.2 Å². The lowest BCUT2D eigenvalue weighted by atomic mass is 10.0. The van der Waals surface area contributed by atoms with Crippen LogP contribution in [0.15, 0.2) is 29.2 Å². The lowest BCUT2D eigenvalue weighted by molar-refractivity contribution is 0.00466. The standard InChI is InChI=1S/C22H33F2N3O2S/c1-18-5-7-21(8-6-18)30(28,29)26-13-9-19(10-14-26)27-17-22(23,24)15-20(27)16-25-11-3-2-4-12-25/h5-8,19-20H,2-4,9-17H2,1H3/t20-/m0/s1. The van der Waals surface area contributed by atoms with Gasteiger partial charge in [-0.1, -0.05) is 24.1 Å². The van der Waals surface area contributed by atoms with Crippen molar-refractivity contribution in [2.75, 3.05) is 39.3 Å². The summed E-state index contributed by atoms with van der Waals surface area (Å²) in [7, 11) is -3.53. The number of hydrogen-bond acceptors (Lipinski definition) is 4. The molecule has 168 valence electrons. The van der Waals surface area contributed by atoms with Crippen molar-refractivity contribution in [2.24, 2.45) is 0 Å². The number of halogens is 2. The van der Waals surface area contributed by atoms with Crippen LogP contribution < -0.4 is 0 Å². The van der Waals surface area contributed by atoms with Gasteiger partial charge in [0.2, 0.25) is 10.0 Å². The summed E-state index contributed by atoms with van der Waals surface area (Å²) < 4.78 is 56.0. The summed E-state index contributed by atoms with van der Waals surface area (Å²) in [4.78, 5) is 4.63. The third-order valence-corrected chi connectivity index (χ3v) is 8.80. The summed E-state index contributed by atoms with van der Waals surface area (Å²) in [6.45, 7) is 5.22. The highest BCUT2D eigenvalue weighted by Crippen LogP contribution is 2.37. The second-order valence-corrected chi connectivity index (χ2v) is 11.1. The first-order chi connectivity index (χ1) is 14.2. The highest BCUT2D eigenvalue weighted by Gasteiger charge is 2.48. The van der Waals surface area contributed by atoms with Crippen molar-refractivity contribution in [1.29, 1.82) is 0 Å². The van der Waals surface area contributed by atoms with Gasteiger partial charge in [0.05, 0.1) is 11.4 Å². The Labute approximate surface area is 179 Å². The number of likely N-dealkylation sites (tertiary alicyclic amines) is 2. The number of rotatable bonds is 5. The minimum absolute atomic E-state index is 0.0256. The molecule has 30 heavy (non-hydrogen) atoms. The Morgan fingerprint density at radius 2 is 1.63 bits per heavy atom. The van der Waals surface area contributed by atoms with Gasteiger partial charge in [0, 0.05) is 38.1 Å². The van der Waals surface area contributed by atoms with Crippen molar-refractivity contribution >= 4 is 10.0 Å². The van der Waals surface area contributed by atoms with Gasteiger partial charge in [0.25, 0.3) is 5.92 Å². The summed E-state index contributed by atoms with van der Waals surface area (Å²) in [5.74, 6) is -2.65. The lowest BCUT2D eigenvalue weighted by Crippen LogP contribution is -2.51. The summed E-state index contributed by atoms with van der Waals surface area (Å²) in [5, 5.41) is 0. The molecule has 0 aromatic heterocycles. The number of piperidine rings is 2. The van der Waals surface area contributed by atoms with E-state index in [1.165, 1.54) is 10.7 Å². The predicted molar refractivity (Wildman–Crippen MR) is 113 cm³/mol. The molecule has 8 heteroatoms. The Kier molecular flexibility index (Phi) is 6.49. The number of sulfonamides is 1. The molecule has 3 fully saturated rings. The van der Waals surface area contributed by atoms with Crippen molar-refractivity contribution in [3.63, 3.8) is 0 Å². The monoisotopic (exact) mass is 441 g/mol. The minimum Gasteiger partial charge on any atom is -0.302 e. The van der Waals surface area contributed by atoms with E-state index in [2.05, 4.69) is 4.90 Å². The van der Waals surface area contributed by atoms with E-state index in [0.29, 0.717) is 37.4 Å². The Hall–Kier alpha value is -1.09. The van der Waals surface area contributed by atoms with Crippen LogP contribution in [0.25, 0.3) is 0 Å². The summed E-state index contributed by atoms with van der Waals surface area (Å²) in [6.07, 6.45) is 4.67. The Bertz CT molecular complexity index is 817. The van der Waals surface area contributed by atoms with E-state index in [-0.39, 0.29) is 25.0 Å². The number of benzene rings is 1. The molecule has 3 aliphatic heterocycles. The first-order valence-electron chi connectivity index (χ1n) is 11.2. The molecule has 0 spiro atoms. The smallest absolute Gasteiger partial charge is 0.262 e. The summed E-state index contributed by atoms with van der Waals surface area (Å²) in [5.41, 5.74) is 1.02. The van der Waals surface area contributed by atoms with Crippen molar-refractivity contribution in [3.05, 3.63) is 29.8 Å². The van der Waals surface area contributed by atoms with E-state index in [0.717, 1.165) is 31.5 Å². The van der Waals surface area contributed by atoms with Gasteiger partial charge in [-0.2, -0.15) is 4.31 Å². The molecule has 0 aliphatic carbocycles. The molecule has 0 saturated carbocycles. The third-order valence-electron chi connectivity index (χ3n) is 6.89. The van der Waals surface area contributed by atoms with Crippen LogP contribution >= 0.6 is 0 Å². The van der Waals surface area contributed by atoms with Gasteiger partial charge in [-0.05, 0) is 57.8 Å². The predicted octanol–water partition coefficient (Wildman–Crippen LogP) is 3.34. The van der Waals surface area contributed by atoms with Crippen LogP contribution in [0.1, 0.15) is 44.1 Å². The molecule has 1 aromatic carbocycles. The van der Waals surface area contributed by atoms with E-state index >= 15 is 0 Å². The van der Waals surface area contributed by atoms with Crippen molar-refractivity contribution in [3.8, 4) is 0 Å². The second kappa shape index (κ2) is 8.81. The zero-order valence-corrected chi connectivity index (χ0v) is 18.6. The first-order valence-corrected chi connectivity index (χ1v) is 12.6. The maximum absolute atomic E-state index is 14.3. The van der Waals surface area contributed by atoms with Gasteiger partial charge in [0.1, 0.15) is 0 Å². The average molecular weight is 442 g/mol. The van der Waals surface area contributed by atoms with Gasteiger partial charge in [-0.15, -0.1) is 0 Å². The van der Waals surface area contributed by atoms with Gasteiger partial charge in [-0.25, -0.2) is 17.2 Å². The highest BCUT2D eigenvalue weighted by atomic mass is 32.2. The van der Waals surface area contributed by atoms with Crippen molar-refractivity contribution in [1.82, 2.24) is 14.1 Å².